The Labute approximate surface area is 164 Å². The van der Waals surface area contributed by atoms with Crippen molar-refractivity contribution in [3.8, 4) is 0 Å². The molecule has 2 N–H and O–H groups in total. The first-order valence-corrected chi connectivity index (χ1v) is 10.3. The molecule has 1 amide bonds. The minimum Gasteiger partial charge on any atom is -0.357 e. The number of carbonyl (C=O) groups excluding carboxylic acids is 2. The van der Waals surface area contributed by atoms with Gasteiger partial charge in [0.15, 0.2) is 5.78 Å². The zero-order valence-corrected chi connectivity index (χ0v) is 16.2. The lowest BCUT2D eigenvalue weighted by Crippen LogP contribution is -2.39. The first-order chi connectivity index (χ1) is 13.6. The van der Waals surface area contributed by atoms with Gasteiger partial charge in [0.2, 0.25) is 0 Å². The number of aromatic nitrogens is 2. The number of nitrogens with zero attached hydrogens (tertiary/aromatic N) is 1. The fourth-order valence-electron chi connectivity index (χ4n) is 4.90. The normalized spacial score (nSPS) is 19.8. The quantitative estimate of drug-likeness (QED) is 0.682. The van der Waals surface area contributed by atoms with Crippen LogP contribution in [0, 0.1) is 6.92 Å². The number of para-hydroxylation sites is 1. The average molecular weight is 375 g/mol. The molecule has 0 bridgehead atoms. The first kappa shape index (κ1) is 17.3. The molecule has 1 saturated heterocycles. The summed E-state index contributed by atoms with van der Waals surface area (Å²) in [4.78, 5) is 34.7. The number of Topliss-reactive ketones (excluding diaryl/α,β-unsaturated/α-hetero) is 1. The van der Waals surface area contributed by atoms with Gasteiger partial charge in [0.05, 0.1) is 6.04 Å². The number of ketones is 1. The van der Waals surface area contributed by atoms with Gasteiger partial charge >= 0.3 is 0 Å². The number of amides is 1. The van der Waals surface area contributed by atoms with Gasteiger partial charge in [0.25, 0.3) is 5.91 Å². The number of aromatic amines is 2. The van der Waals surface area contributed by atoms with E-state index in [1.165, 1.54) is 5.39 Å². The van der Waals surface area contributed by atoms with Crippen molar-refractivity contribution in [1.82, 2.24) is 14.9 Å². The third-order valence-electron chi connectivity index (χ3n) is 6.32. The van der Waals surface area contributed by atoms with Crippen LogP contribution in [-0.2, 0) is 6.42 Å². The lowest BCUT2D eigenvalue weighted by atomic mass is 9.93. The lowest BCUT2D eigenvalue weighted by Gasteiger charge is -2.35. The molecule has 5 heteroatoms. The number of nitrogens with one attached hydrogen (secondary N) is 2. The van der Waals surface area contributed by atoms with E-state index < -0.39 is 0 Å². The van der Waals surface area contributed by atoms with Crippen molar-refractivity contribution in [2.24, 2.45) is 0 Å². The Morgan fingerprint density at radius 3 is 2.79 bits per heavy atom. The van der Waals surface area contributed by atoms with Crippen molar-refractivity contribution in [2.45, 2.75) is 51.5 Å². The van der Waals surface area contributed by atoms with E-state index in [2.05, 4.69) is 28.2 Å². The number of carbonyl (C=O) groups is 2. The van der Waals surface area contributed by atoms with E-state index in [9.17, 15) is 9.59 Å². The molecular formula is C23H25N3O2. The smallest absolute Gasteiger partial charge is 0.271 e. The lowest BCUT2D eigenvalue weighted by molar-refractivity contribution is 0.0600. The van der Waals surface area contributed by atoms with Gasteiger partial charge in [0.1, 0.15) is 5.69 Å². The molecule has 3 heterocycles. The van der Waals surface area contributed by atoms with Gasteiger partial charge in [-0.05, 0) is 62.1 Å². The molecule has 0 radical (unpaired) electrons. The van der Waals surface area contributed by atoms with Crippen molar-refractivity contribution in [3.05, 3.63) is 58.5 Å². The highest BCUT2D eigenvalue weighted by Gasteiger charge is 2.33. The molecule has 1 fully saturated rings. The van der Waals surface area contributed by atoms with Crippen LogP contribution in [0.2, 0.25) is 0 Å². The second-order valence-corrected chi connectivity index (χ2v) is 8.08. The summed E-state index contributed by atoms with van der Waals surface area (Å²) >= 11 is 0. The SMILES string of the molecule is Cc1c(C(=O)N2CCCCC2c2cc3ccccc3[nH]2)[nH]c2c1C(=O)CCC2. The number of hydrogen-bond acceptors (Lipinski definition) is 2. The summed E-state index contributed by atoms with van der Waals surface area (Å²) in [5, 5.41) is 1.17. The molecule has 3 aromatic rings. The maximum atomic E-state index is 13.5. The van der Waals surface area contributed by atoms with E-state index in [4.69, 9.17) is 0 Å². The number of benzene rings is 1. The minimum absolute atomic E-state index is 0.0167. The van der Waals surface area contributed by atoms with Crippen molar-refractivity contribution < 1.29 is 9.59 Å². The molecule has 28 heavy (non-hydrogen) atoms. The highest BCUT2D eigenvalue weighted by Crippen LogP contribution is 2.35. The van der Waals surface area contributed by atoms with Crippen LogP contribution in [0.25, 0.3) is 10.9 Å². The van der Waals surface area contributed by atoms with Crippen LogP contribution >= 0.6 is 0 Å². The zero-order chi connectivity index (χ0) is 19.3. The number of aryl methyl sites for hydroxylation is 1. The molecule has 2 aromatic heterocycles. The summed E-state index contributed by atoms with van der Waals surface area (Å²) in [5.74, 6) is 0.183. The maximum Gasteiger partial charge on any atom is 0.271 e. The van der Waals surface area contributed by atoms with Crippen molar-refractivity contribution >= 4 is 22.6 Å². The summed E-state index contributed by atoms with van der Waals surface area (Å²) in [5.41, 5.74) is 5.32. The van der Waals surface area contributed by atoms with E-state index >= 15 is 0 Å². The first-order valence-electron chi connectivity index (χ1n) is 10.3. The minimum atomic E-state index is 0.0167. The Kier molecular flexibility index (Phi) is 4.11. The third kappa shape index (κ3) is 2.68. The molecule has 0 saturated carbocycles. The Hall–Kier alpha value is -2.82. The fraction of sp³-hybridized carbons (Fsp3) is 0.391. The van der Waals surface area contributed by atoms with Gasteiger partial charge in [-0.1, -0.05) is 18.2 Å². The van der Waals surface area contributed by atoms with Crippen LogP contribution in [0.4, 0.5) is 0 Å². The molecule has 2 aliphatic rings. The van der Waals surface area contributed by atoms with E-state index in [0.717, 1.165) is 66.7 Å². The summed E-state index contributed by atoms with van der Waals surface area (Å²) in [6.07, 6.45) is 5.38. The standard InChI is InChI=1S/C23H25N3O2/c1-14-21-17(9-6-11-20(21)27)25-22(14)23(28)26-12-5-4-10-19(26)18-13-15-7-2-3-8-16(15)24-18/h2-3,7-8,13,19,24-25H,4-6,9-12H2,1H3. The number of likely N-dealkylation sites (tertiary alicyclic amines) is 1. The topological polar surface area (TPSA) is 69.0 Å². The molecule has 0 spiro atoms. The molecule has 5 rings (SSSR count). The van der Waals surface area contributed by atoms with Gasteiger partial charge in [0, 0.05) is 35.4 Å². The van der Waals surface area contributed by atoms with Crippen LogP contribution in [0.15, 0.2) is 30.3 Å². The number of H-pyrrole nitrogens is 2. The highest BCUT2D eigenvalue weighted by atomic mass is 16.2. The molecule has 1 aromatic carbocycles. The van der Waals surface area contributed by atoms with Crippen LogP contribution in [-0.4, -0.2) is 33.1 Å². The zero-order valence-electron chi connectivity index (χ0n) is 16.2. The van der Waals surface area contributed by atoms with Crippen LogP contribution in [0.5, 0.6) is 0 Å². The molecular weight excluding hydrogens is 350 g/mol. The monoisotopic (exact) mass is 375 g/mol. The summed E-state index contributed by atoms with van der Waals surface area (Å²) in [6.45, 7) is 2.66. The molecule has 5 nitrogen and oxygen atoms in total. The van der Waals surface area contributed by atoms with Gasteiger partial charge < -0.3 is 14.9 Å². The Morgan fingerprint density at radius 2 is 1.96 bits per heavy atom. The summed E-state index contributed by atoms with van der Waals surface area (Å²) < 4.78 is 0. The summed E-state index contributed by atoms with van der Waals surface area (Å²) in [6, 6.07) is 10.4. The predicted molar refractivity (Wildman–Crippen MR) is 109 cm³/mol. The van der Waals surface area contributed by atoms with E-state index in [-0.39, 0.29) is 17.7 Å². The van der Waals surface area contributed by atoms with Crippen molar-refractivity contribution in [3.63, 3.8) is 0 Å². The molecule has 144 valence electrons. The Bertz CT molecular complexity index is 1040. The van der Waals surface area contributed by atoms with Gasteiger partial charge in [-0.3, -0.25) is 9.59 Å². The van der Waals surface area contributed by atoms with Gasteiger partial charge in [-0.25, -0.2) is 0 Å². The number of fused-ring (bicyclic) bond motifs is 2. The van der Waals surface area contributed by atoms with Gasteiger partial charge in [-0.2, -0.15) is 0 Å². The molecule has 1 atom stereocenters. The largest absolute Gasteiger partial charge is 0.357 e. The second-order valence-electron chi connectivity index (χ2n) is 8.08. The number of piperidine rings is 1. The second kappa shape index (κ2) is 6.66. The molecule has 1 unspecified atom stereocenters. The van der Waals surface area contributed by atoms with Crippen molar-refractivity contribution in [1.29, 1.82) is 0 Å². The molecule has 1 aliphatic carbocycles. The fourth-order valence-corrected chi connectivity index (χ4v) is 4.90. The van der Waals surface area contributed by atoms with E-state index in [0.29, 0.717) is 12.1 Å². The Morgan fingerprint density at radius 1 is 1.11 bits per heavy atom. The van der Waals surface area contributed by atoms with Gasteiger partial charge in [-0.15, -0.1) is 0 Å². The number of rotatable bonds is 2. The maximum absolute atomic E-state index is 13.5. The van der Waals surface area contributed by atoms with Crippen molar-refractivity contribution in [2.75, 3.05) is 6.54 Å². The molecule has 1 aliphatic heterocycles. The predicted octanol–water partition coefficient (Wildman–Crippen LogP) is 4.69. The highest BCUT2D eigenvalue weighted by molar-refractivity contribution is 6.04. The third-order valence-corrected chi connectivity index (χ3v) is 6.32. The van der Waals surface area contributed by atoms with Crippen LogP contribution < -0.4 is 0 Å². The number of hydrogen-bond donors (Lipinski definition) is 2. The van der Waals surface area contributed by atoms with Crippen LogP contribution in [0.3, 0.4) is 0 Å². The average Bonchev–Trinajstić information content (AvgIpc) is 3.29. The Balaban J connectivity index is 1.51. The van der Waals surface area contributed by atoms with E-state index in [1.54, 1.807) is 0 Å². The van der Waals surface area contributed by atoms with E-state index in [1.807, 2.05) is 24.0 Å². The summed E-state index contributed by atoms with van der Waals surface area (Å²) in [7, 11) is 0. The van der Waals surface area contributed by atoms with Crippen LogP contribution in [0.1, 0.15) is 75.9 Å².